The van der Waals surface area contributed by atoms with Gasteiger partial charge in [-0.15, -0.1) is 0 Å². The molecule has 1 aromatic heterocycles. The van der Waals surface area contributed by atoms with Gasteiger partial charge in [-0.05, 0) is 31.0 Å². The summed E-state index contributed by atoms with van der Waals surface area (Å²) in [5, 5.41) is 2.64. The van der Waals surface area contributed by atoms with E-state index in [2.05, 4.69) is 5.32 Å². The normalized spacial score (nSPS) is 17.1. The van der Waals surface area contributed by atoms with Crippen LogP contribution in [0.1, 0.15) is 18.6 Å². The number of ether oxygens (including phenoxy) is 1. The molecule has 2 aliphatic rings. The van der Waals surface area contributed by atoms with Crippen molar-refractivity contribution in [1.29, 1.82) is 0 Å². The largest absolute Gasteiger partial charge is 0.482 e. The highest BCUT2D eigenvalue weighted by Gasteiger charge is 2.40. The van der Waals surface area contributed by atoms with Gasteiger partial charge in [-0.3, -0.25) is 4.79 Å². The average Bonchev–Trinajstić information content (AvgIpc) is 3.27. The summed E-state index contributed by atoms with van der Waals surface area (Å²) in [5.41, 5.74) is 0.365. The maximum Gasteiger partial charge on any atom is 0.262 e. The number of nitrogens with one attached hydrogen (secondary N) is 1. The number of halogens is 1. The van der Waals surface area contributed by atoms with E-state index >= 15 is 0 Å². The van der Waals surface area contributed by atoms with Crippen molar-refractivity contribution in [3.8, 4) is 5.75 Å². The standard InChI is InChI=1S/C16H15ClN2O5S/c17-12-6-13-14(24-9-16(20)18-13)7-15(12)25(21,22)19(10-3-4-10)8-11-2-1-5-23-11/h1-2,5-7,10H,3-4,8-9H2,(H,18,20). The van der Waals surface area contributed by atoms with Gasteiger partial charge >= 0.3 is 0 Å². The summed E-state index contributed by atoms with van der Waals surface area (Å²) < 4.78 is 38.3. The number of benzene rings is 1. The van der Waals surface area contributed by atoms with Crippen LogP contribution in [0.4, 0.5) is 5.69 Å². The zero-order valence-electron chi connectivity index (χ0n) is 13.1. The SMILES string of the molecule is O=C1COc2cc(S(=O)(=O)N(Cc3ccco3)C3CC3)c(Cl)cc2N1. The van der Waals surface area contributed by atoms with Crippen LogP contribution < -0.4 is 10.1 Å². The summed E-state index contributed by atoms with van der Waals surface area (Å²) in [6.45, 7) is -0.0160. The molecule has 0 unspecified atom stereocenters. The van der Waals surface area contributed by atoms with Crippen LogP contribution in [-0.4, -0.2) is 31.3 Å². The van der Waals surface area contributed by atoms with Crippen molar-refractivity contribution >= 4 is 33.2 Å². The third-order valence-electron chi connectivity index (χ3n) is 4.10. The number of nitrogens with zero attached hydrogens (tertiary/aromatic N) is 1. The van der Waals surface area contributed by atoms with Gasteiger partial charge in [0.25, 0.3) is 5.91 Å². The summed E-state index contributed by atoms with van der Waals surface area (Å²) in [6, 6.07) is 6.15. The van der Waals surface area contributed by atoms with E-state index in [4.69, 9.17) is 20.8 Å². The van der Waals surface area contributed by atoms with Crippen LogP contribution in [0.3, 0.4) is 0 Å². The monoisotopic (exact) mass is 382 g/mol. The van der Waals surface area contributed by atoms with Gasteiger partial charge in [0.1, 0.15) is 16.4 Å². The lowest BCUT2D eigenvalue weighted by Crippen LogP contribution is -2.33. The second-order valence-corrected chi connectivity index (χ2v) is 8.24. The molecule has 9 heteroatoms. The molecule has 2 heterocycles. The van der Waals surface area contributed by atoms with E-state index in [0.29, 0.717) is 11.4 Å². The molecule has 7 nitrogen and oxygen atoms in total. The fraction of sp³-hybridized carbons (Fsp3) is 0.312. The maximum absolute atomic E-state index is 13.2. The molecule has 132 valence electrons. The Balaban J connectivity index is 1.72. The average molecular weight is 383 g/mol. The smallest absolute Gasteiger partial charge is 0.262 e. The fourth-order valence-corrected chi connectivity index (χ4v) is 4.91. The molecular weight excluding hydrogens is 368 g/mol. The highest BCUT2D eigenvalue weighted by atomic mass is 35.5. The molecular formula is C16H15ClN2O5S. The van der Waals surface area contributed by atoms with Gasteiger partial charge < -0.3 is 14.5 Å². The summed E-state index contributed by atoms with van der Waals surface area (Å²) in [5.74, 6) is 0.543. The molecule has 4 rings (SSSR count). The molecule has 1 saturated carbocycles. The predicted molar refractivity (Wildman–Crippen MR) is 90.0 cm³/mol. The van der Waals surface area contributed by atoms with E-state index in [1.807, 2.05) is 0 Å². The highest BCUT2D eigenvalue weighted by Crippen LogP contribution is 2.40. The maximum atomic E-state index is 13.2. The van der Waals surface area contributed by atoms with Gasteiger partial charge in [-0.25, -0.2) is 8.42 Å². The molecule has 0 saturated heterocycles. The summed E-state index contributed by atoms with van der Waals surface area (Å²) >= 11 is 6.21. The molecule has 1 amide bonds. The number of carbonyl (C=O) groups is 1. The minimum Gasteiger partial charge on any atom is -0.482 e. The lowest BCUT2D eigenvalue weighted by molar-refractivity contribution is -0.118. The van der Waals surface area contributed by atoms with Crippen LogP contribution in [0.2, 0.25) is 5.02 Å². The Kier molecular flexibility index (Phi) is 3.98. The van der Waals surface area contributed by atoms with Crippen LogP contribution in [0.25, 0.3) is 0 Å². The Morgan fingerprint density at radius 1 is 1.32 bits per heavy atom. The summed E-state index contributed by atoms with van der Waals surface area (Å²) in [7, 11) is -3.84. The van der Waals surface area contributed by atoms with Gasteiger partial charge in [0.2, 0.25) is 10.0 Å². The number of anilines is 1. The van der Waals surface area contributed by atoms with Crippen molar-refractivity contribution in [2.45, 2.75) is 30.3 Å². The van der Waals surface area contributed by atoms with Crippen molar-refractivity contribution < 1.29 is 22.4 Å². The second kappa shape index (κ2) is 6.05. The second-order valence-electron chi connectivity index (χ2n) is 5.98. The van der Waals surface area contributed by atoms with Crippen molar-refractivity contribution in [2.24, 2.45) is 0 Å². The van der Waals surface area contributed by atoms with Crippen LogP contribution in [0.15, 0.2) is 39.8 Å². The van der Waals surface area contributed by atoms with Crippen LogP contribution in [0.5, 0.6) is 5.75 Å². The minimum absolute atomic E-state index is 0.0367. The van der Waals surface area contributed by atoms with Crippen molar-refractivity contribution in [3.63, 3.8) is 0 Å². The summed E-state index contributed by atoms with van der Waals surface area (Å²) in [6.07, 6.45) is 3.11. The lowest BCUT2D eigenvalue weighted by atomic mass is 10.2. The first-order valence-corrected chi connectivity index (χ1v) is 9.57. The van der Waals surface area contributed by atoms with Crippen molar-refractivity contribution in [2.75, 3.05) is 11.9 Å². The van der Waals surface area contributed by atoms with Crippen LogP contribution in [0, 0.1) is 0 Å². The Labute approximate surface area is 149 Å². The van der Waals surface area contributed by atoms with E-state index in [0.717, 1.165) is 12.8 Å². The zero-order valence-corrected chi connectivity index (χ0v) is 14.6. The molecule has 0 bridgehead atoms. The predicted octanol–water partition coefficient (Wildman–Crippen LogP) is 2.62. The number of carbonyl (C=O) groups excluding carboxylic acids is 1. The molecule has 25 heavy (non-hydrogen) atoms. The Bertz CT molecular complexity index is 922. The van der Waals surface area contributed by atoms with E-state index in [9.17, 15) is 13.2 Å². The van der Waals surface area contributed by atoms with Gasteiger partial charge in [0.05, 0.1) is 23.5 Å². The summed E-state index contributed by atoms with van der Waals surface area (Å²) in [4.78, 5) is 11.3. The number of hydrogen-bond acceptors (Lipinski definition) is 5. The molecule has 0 spiro atoms. The topological polar surface area (TPSA) is 88.9 Å². The Morgan fingerprint density at radius 3 is 2.80 bits per heavy atom. The quantitative estimate of drug-likeness (QED) is 0.858. The number of furan rings is 1. The molecule has 0 radical (unpaired) electrons. The van der Waals surface area contributed by atoms with Crippen molar-refractivity contribution in [1.82, 2.24) is 4.31 Å². The number of fused-ring (bicyclic) bond motifs is 1. The molecule has 1 aliphatic carbocycles. The van der Waals surface area contributed by atoms with Crippen molar-refractivity contribution in [3.05, 3.63) is 41.3 Å². The number of sulfonamides is 1. The molecule has 2 aromatic rings. The zero-order chi connectivity index (χ0) is 17.6. The molecule has 1 aliphatic heterocycles. The number of hydrogen-bond donors (Lipinski definition) is 1. The van der Waals surface area contributed by atoms with Gasteiger partial charge in [-0.1, -0.05) is 11.6 Å². The number of rotatable bonds is 5. The first kappa shape index (κ1) is 16.4. The highest BCUT2D eigenvalue weighted by molar-refractivity contribution is 7.89. The van der Waals surface area contributed by atoms with Gasteiger partial charge in [-0.2, -0.15) is 4.31 Å². The third-order valence-corrected chi connectivity index (χ3v) is 6.46. The third kappa shape index (κ3) is 3.12. The molecule has 1 N–H and O–H groups in total. The Morgan fingerprint density at radius 2 is 2.12 bits per heavy atom. The van der Waals surface area contributed by atoms with Crippen LogP contribution >= 0.6 is 11.6 Å². The number of amides is 1. The first-order valence-electron chi connectivity index (χ1n) is 7.75. The molecule has 1 aromatic carbocycles. The minimum atomic E-state index is -3.84. The Hall–Kier alpha value is -2.03. The van der Waals surface area contributed by atoms with E-state index < -0.39 is 10.0 Å². The molecule has 1 fully saturated rings. The lowest BCUT2D eigenvalue weighted by Gasteiger charge is -2.24. The van der Waals surface area contributed by atoms with Gasteiger partial charge in [0, 0.05) is 12.1 Å². The van der Waals surface area contributed by atoms with E-state index in [1.54, 1.807) is 12.1 Å². The van der Waals surface area contributed by atoms with E-state index in [-0.39, 0.29) is 40.8 Å². The first-order chi connectivity index (χ1) is 11.9. The molecule has 0 atom stereocenters. The van der Waals surface area contributed by atoms with Gasteiger partial charge in [0.15, 0.2) is 6.61 Å². The van der Waals surface area contributed by atoms with Crippen LogP contribution in [-0.2, 0) is 21.4 Å². The fourth-order valence-electron chi connectivity index (χ4n) is 2.73. The van der Waals surface area contributed by atoms with E-state index in [1.165, 1.54) is 22.7 Å².